The zero-order valence-electron chi connectivity index (χ0n) is 21.2. The summed E-state index contributed by atoms with van der Waals surface area (Å²) in [5, 5.41) is 8.83. The van der Waals surface area contributed by atoms with Crippen LogP contribution in [0.2, 0.25) is 0 Å². The minimum absolute atomic E-state index is 0.611. The van der Waals surface area contributed by atoms with E-state index in [1.807, 2.05) is 13.0 Å². The van der Waals surface area contributed by atoms with Crippen LogP contribution < -0.4 is 31.7 Å². The zero-order chi connectivity index (χ0) is 24.3. The van der Waals surface area contributed by atoms with E-state index in [9.17, 15) is 0 Å². The molecule has 186 valence electrons. The first kappa shape index (κ1) is 25.8. The third kappa shape index (κ3) is 7.11. The fourth-order valence-corrected chi connectivity index (χ4v) is 4.25. The van der Waals surface area contributed by atoms with E-state index in [0.717, 1.165) is 73.4 Å². The number of ether oxygens (including phenoxy) is 1. The Bertz CT molecular complexity index is 1050. The predicted octanol–water partition coefficient (Wildman–Crippen LogP) is 1.97. The molecule has 1 saturated heterocycles. The first-order valence-electron chi connectivity index (χ1n) is 12.6. The number of rotatable bonds is 12. The molecule has 0 radical (unpaired) electrons. The Morgan fingerprint density at radius 1 is 1.18 bits per heavy atom. The average molecular weight is 467 g/mol. The van der Waals surface area contributed by atoms with Gasteiger partial charge in [-0.1, -0.05) is 45.4 Å². The largest absolute Gasteiger partial charge is 0.496 e. The van der Waals surface area contributed by atoms with Gasteiger partial charge in [-0.05, 0) is 29.3 Å². The Kier molecular flexibility index (Phi) is 10.0. The van der Waals surface area contributed by atoms with Crippen molar-refractivity contribution in [2.75, 3.05) is 39.8 Å². The minimum atomic E-state index is 0.611. The Hall–Kier alpha value is -2.77. The lowest BCUT2D eigenvalue weighted by Crippen LogP contribution is -2.42. The van der Waals surface area contributed by atoms with Gasteiger partial charge in [0.25, 0.3) is 0 Å². The van der Waals surface area contributed by atoms with Crippen molar-refractivity contribution in [3.8, 4) is 5.75 Å². The molecule has 0 atom stereocenters. The van der Waals surface area contributed by atoms with Crippen molar-refractivity contribution in [1.29, 1.82) is 0 Å². The maximum atomic E-state index is 6.13. The highest BCUT2D eigenvalue weighted by Crippen LogP contribution is 2.22. The molecular weight excluding hydrogens is 424 g/mol. The highest BCUT2D eigenvalue weighted by atomic mass is 16.5. The van der Waals surface area contributed by atoms with Gasteiger partial charge < -0.3 is 25.7 Å². The topological polar surface area (TPSA) is 79.8 Å². The van der Waals surface area contributed by atoms with Crippen molar-refractivity contribution in [1.82, 2.24) is 20.1 Å². The number of piperazine rings is 1. The molecule has 0 unspecified atom stereocenters. The lowest BCUT2D eigenvalue weighted by Gasteiger charge is -2.27. The van der Waals surface area contributed by atoms with Crippen LogP contribution >= 0.6 is 0 Å². The number of aromatic nitrogens is 1. The summed E-state index contributed by atoms with van der Waals surface area (Å²) in [4.78, 5) is 7.20. The van der Waals surface area contributed by atoms with E-state index in [1.54, 1.807) is 7.11 Å². The van der Waals surface area contributed by atoms with Crippen LogP contribution in [0.1, 0.15) is 50.7 Å². The molecule has 2 aromatic rings. The lowest BCUT2D eigenvalue weighted by atomic mass is 10.1. The highest BCUT2D eigenvalue weighted by Gasteiger charge is 2.13. The zero-order valence-corrected chi connectivity index (χ0v) is 21.2. The molecule has 7 nitrogen and oxygen atoms in total. The van der Waals surface area contributed by atoms with Crippen molar-refractivity contribution in [2.24, 2.45) is 10.7 Å². The van der Waals surface area contributed by atoms with E-state index in [4.69, 9.17) is 15.5 Å². The van der Waals surface area contributed by atoms with E-state index >= 15 is 0 Å². The highest BCUT2D eigenvalue weighted by molar-refractivity contribution is 5.83. The van der Waals surface area contributed by atoms with Gasteiger partial charge in [0.15, 0.2) is 5.82 Å². The molecule has 0 saturated carbocycles. The van der Waals surface area contributed by atoms with Gasteiger partial charge in [0.2, 0.25) is 0 Å². The predicted molar refractivity (Wildman–Crippen MR) is 142 cm³/mol. The van der Waals surface area contributed by atoms with Gasteiger partial charge >= 0.3 is 0 Å². The van der Waals surface area contributed by atoms with Gasteiger partial charge in [0, 0.05) is 57.4 Å². The summed E-state index contributed by atoms with van der Waals surface area (Å²) in [6.07, 6.45) is 6.23. The number of hydrogen-bond acceptors (Lipinski definition) is 5. The third-order valence-corrected chi connectivity index (χ3v) is 6.27. The molecule has 7 heteroatoms. The Labute approximate surface area is 204 Å². The molecule has 3 rings (SSSR count). The van der Waals surface area contributed by atoms with Gasteiger partial charge in [-0.2, -0.15) is 0 Å². The quantitative estimate of drug-likeness (QED) is 0.253. The summed E-state index contributed by atoms with van der Waals surface area (Å²) in [5.74, 6) is 2.31. The van der Waals surface area contributed by atoms with Gasteiger partial charge in [0.1, 0.15) is 11.6 Å². The van der Waals surface area contributed by atoms with Crippen LogP contribution in [0.5, 0.6) is 5.75 Å². The van der Waals surface area contributed by atoms with E-state index in [-0.39, 0.29) is 0 Å². The molecule has 4 N–H and O–H groups in total. The molecule has 0 spiro atoms. The monoisotopic (exact) mass is 466 g/mol. The fourth-order valence-electron chi connectivity index (χ4n) is 4.25. The minimum Gasteiger partial charge on any atom is -0.496 e. The number of hydrogen-bond donors (Lipinski definition) is 3. The summed E-state index contributed by atoms with van der Waals surface area (Å²) in [6, 6.07) is 8.61. The standard InChI is InChI=1S/C27H42N6O/c1-5-7-8-12-30-27(31-25(28)6-2)26-21(3)11-15-33(26)20-23-10-9-22(18-24(23)34-4)19-32-16-13-29-14-17-32/h9-11,15,18,29-30H,3,5-8,12-14,16-17,19-20H2,1-2,4H3,(H2,28,31)/b27-26+. The van der Waals surface area contributed by atoms with Crippen molar-refractivity contribution in [3.63, 3.8) is 0 Å². The molecule has 0 bridgehead atoms. The molecular formula is C27H42N6O. The average Bonchev–Trinajstić information content (AvgIpc) is 3.22. The Balaban J connectivity index is 1.89. The molecule has 2 heterocycles. The van der Waals surface area contributed by atoms with Gasteiger partial charge in [0.05, 0.1) is 19.0 Å². The van der Waals surface area contributed by atoms with Crippen LogP contribution in [0.25, 0.3) is 12.4 Å². The van der Waals surface area contributed by atoms with Gasteiger partial charge in [-0.3, -0.25) is 4.90 Å². The lowest BCUT2D eigenvalue weighted by molar-refractivity contribution is 0.233. The summed E-state index contributed by atoms with van der Waals surface area (Å²) in [7, 11) is 1.75. The number of nitrogens with zero attached hydrogens (tertiary/aromatic N) is 3. The number of unbranched alkanes of at least 4 members (excludes halogenated alkanes) is 2. The number of methoxy groups -OCH3 is 1. The SMILES string of the molecule is C=c1ccn(Cc2ccc(CN3CCNCC3)cc2OC)/c1=C(/N=C(/N)CC)NCCCCC. The molecule has 1 aliphatic rings. The Morgan fingerprint density at radius 2 is 1.97 bits per heavy atom. The number of nitrogens with two attached hydrogens (primary N) is 1. The van der Waals surface area contributed by atoms with Crippen LogP contribution in [0.3, 0.4) is 0 Å². The maximum absolute atomic E-state index is 6.13. The second kappa shape index (κ2) is 13.2. The van der Waals surface area contributed by atoms with Gasteiger partial charge in [-0.15, -0.1) is 0 Å². The molecule has 1 aliphatic heterocycles. The number of benzene rings is 1. The molecule has 0 amide bonds. The van der Waals surface area contributed by atoms with Crippen molar-refractivity contribution in [2.45, 2.75) is 52.6 Å². The molecule has 0 aliphatic carbocycles. The molecule has 1 aromatic carbocycles. The van der Waals surface area contributed by atoms with Crippen molar-refractivity contribution < 1.29 is 4.74 Å². The van der Waals surface area contributed by atoms with Crippen LogP contribution in [-0.4, -0.2) is 55.1 Å². The number of aliphatic imine (C=N–C) groups is 1. The Morgan fingerprint density at radius 3 is 2.68 bits per heavy atom. The number of amidine groups is 1. The summed E-state index contributed by atoms with van der Waals surface area (Å²) in [6.45, 7) is 15.2. The first-order chi connectivity index (χ1) is 16.5. The van der Waals surface area contributed by atoms with Crippen LogP contribution in [0.4, 0.5) is 0 Å². The second-order valence-electron chi connectivity index (χ2n) is 8.93. The van der Waals surface area contributed by atoms with Crippen LogP contribution in [0.15, 0.2) is 35.5 Å². The van der Waals surface area contributed by atoms with E-state index in [2.05, 4.69) is 58.0 Å². The first-order valence-corrected chi connectivity index (χ1v) is 12.6. The third-order valence-electron chi connectivity index (χ3n) is 6.27. The summed E-state index contributed by atoms with van der Waals surface area (Å²) >= 11 is 0. The van der Waals surface area contributed by atoms with Crippen molar-refractivity contribution in [3.05, 3.63) is 52.2 Å². The molecule has 1 fully saturated rings. The van der Waals surface area contributed by atoms with Crippen LogP contribution in [0, 0.1) is 0 Å². The summed E-state index contributed by atoms with van der Waals surface area (Å²) in [5.41, 5.74) is 8.54. The number of nitrogens with one attached hydrogen (secondary N) is 2. The fraction of sp³-hybridized carbons (Fsp3) is 0.519. The maximum Gasteiger partial charge on any atom is 0.152 e. The van der Waals surface area contributed by atoms with Crippen LogP contribution in [-0.2, 0) is 13.1 Å². The van der Waals surface area contributed by atoms with Crippen molar-refractivity contribution >= 4 is 18.2 Å². The van der Waals surface area contributed by atoms with E-state index in [1.165, 1.54) is 18.4 Å². The van der Waals surface area contributed by atoms with E-state index < -0.39 is 0 Å². The normalized spacial score (nSPS) is 15.9. The summed E-state index contributed by atoms with van der Waals surface area (Å²) < 4.78 is 7.98. The van der Waals surface area contributed by atoms with E-state index in [0.29, 0.717) is 18.8 Å². The molecule has 1 aromatic heterocycles. The van der Waals surface area contributed by atoms with Gasteiger partial charge in [-0.25, -0.2) is 4.99 Å². The second-order valence-corrected chi connectivity index (χ2v) is 8.93. The molecule has 34 heavy (non-hydrogen) atoms. The smallest absolute Gasteiger partial charge is 0.152 e.